The molecular weight excluding hydrogens is 443 g/mol. The Morgan fingerprint density at radius 3 is 2.27 bits per heavy atom. The first kappa shape index (κ1) is 18.1. The van der Waals surface area contributed by atoms with Crippen molar-refractivity contribution in [3.05, 3.63) is 87.9 Å². The molecule has 130 valence electrons. The number of benzene rings is 2. The van der Waals surface area contributed by atoms with Crippen LogP contribution in [0.15, 0.2) is 77.2 Å². The minimum atomic E-state index is -0.592. The summed E-state index contributed by atoms with van der Waals surface area (Å²) in [6, 6.07) is 20.6. The maximum Gasteiger partial charge on any atom is 0.331 e. The van der Waals surface area contributed by atoms with Gasteiger partial charge < -0.3 is 9.15 Å². The Morgan fingerprint density at radius 2 is 1.62 bits per heavy atom. The van der Waals surface area contributed by atoms with Gasteiger partial charge in [-0.15, -0.1) is 0 Å². The lowest BCUT2D eigenvalue weighted by Crippen LogP contribution is -2.12. The summed E-state index contributed by atoms with van der Waals surface area (Å²) in [5, 5.41) is 0. The molecule has 26 heavy (non-hydrogen) atoms. The quantitative estimate of drug-likeness (QED) is 0.226. The van der Waals surface area contributed by atoms with Crippen molar-refractivity contribution in [2.24, 2.45) is 0 Å². The van der Waals surface area contributed by atoms with Gasteiger partial charge in [-0.1, -0.05) is 54.6 Å². The molecule has 0 aliphatic carbocycles. The number of ketones is 1. The van der Waals surface area contributed by atoms with Gasteiger partial charge in [0.25, 0.3) is 0 Å². The predicted octanol–water partition coefficient (Wildman–Crippen LogP) is 4.99. The Hall–Kier alpha value is -2.67. The van der Waals surface area contributed by atoms with Gasteiger partial charge in [-0.05, 0) is 51.9 Å². The van der Waals surface area contributed by atoms with Crippen LogP contribution in [0.4, 0.5) is 0 Å². The van der Waals surface area contributed by atoms with E-state index >= 15 is 0 Å². The summed E-state index contributed by atoms with van der Waals surface area (Å²) >= 11 is 2.03. The molecule has 1 heterocycles. The van der Waals surface area contributed by atoms with Crippen LogP contribution < -0.4 is 0 Å². The van der Waals surface area contributed by atoms with Crippen molar-refractivity contribution >= 4 is 40.4 Å². The third-order valence-corrected chi connectivity index (χ3v) is 4.22. The smallest absolute Gasteiger partial charge is 0.331 e. The van der Waals surface area contributed by atoms with Crippen LogP contribution in [0.5, 0.6) is 0 Å². The van der Waals surface area contributed by atoms with Gasteiger partial charge in [0.05, 0.1) is 0 Å². The summed E-state index contributed by atoms with van der Waals surface area (Å²) < 4.78 is 11.0. The standard InChI is InChI=1S/C21H15IO4/c22-20-12-10-18(26-20)11-13-21(24)25-14-19(23)17-8-6-16(7-9-17)15-4-2-1-3-5-15/h1-13H,14H2. The molecular formula is C21H15IO4. The van der Waals surface area contributed by atoms with Crippen molar-refractivity contribution in [3.8, 4) is 11.1 Å². The van der Waals surface area contributed by atoms with Crippen LogP contribution in [0.2, 0.25) is 0 Å². The minimum absolute atomic E-state index is 0.251. The van der Waals surface area contributed by atoms with E-state index in [1.165, 1.54) is 12.2 Å². The molecule has 0 radical (unpaired) electrons. The van der Waals surface area contributed by atoms with Gasteiger partial charge in [0.15, 0.2) is 16.2 Å². The highest BCUT2D eigenvalue weighted by Gasteiger charge is 2.09. The number of carbonyl (C=O) groups is 2. The van der Waals surface area contributed by atoms with Crippen LogP contribution in [0.25, 0.3) is 17.2 Å². The van der Waals surface area contributed by atoms with E-state index < -0.39 is 5.97 Å². The molecule has 5 heteroatoms. The molecule has 0 spiro atoms. The van der Waals surface area contributed by atoms with Crippen molar-refractivity contribution in [3.63, 3.8) is 0 Å². The highest BCUT2D eigenvalue weighted by molar-refractivity contribution is 14.1. The average molecular weight is 458 g/mol. The van der Waals surface area contributed by atoms with Crippen LogP contribution in [0.3, 0.4) is 0 Å². The molecule has 0 unspecified atom stereocenters. The number of halogens is 1. The second kappa shape index (κ2) is 8.62. The molecule has 0 saturated heterocycles. The van der Waals surface area contributed by atoms with Gasteiger partial charge in [-0.25, -0.2) is 4.79 Å². The number of ether oxygens (including phenoxy) is 1. The van der Waals surface area contributed by atoms with Crippen molar-refractivity contribution < 1.29 is 18.7 Å². The normalized spacial score (nSPS) is 10.8. The van der Waals surface area contributed by atoms with Crippen molar-refractivity contribution in [2.75, 3.05) is 6.61 Å². The molecule has 2 aromatic carbocycles. The van der Waals surface area contributed by atoms with Crippen LogP contribution in [-0.4, -0.2) is 18.4 Å². The fourth-order valence-electron chi connectivity index (χ4n) is 2.32. The Bertz CT molecular complexity index is 924. The predicted molar refractivity (Wildman–Crippen MR) is 108 cm³/mol. The van der Waals surface area contributed by atoms with E-state index in [2.05, 4.69) is 0 Å². The Balaban J connectivity index is 1.54. The highest BCUT2D eigenvalue weighted by atomic mass is 127. The fourth-order valence-corrected chi connectivity index (χ4v) is 2.75. The average Bonchev–Trinajstić information content (AvgIpc) is 3.10. The largest absolute Gasteiger partial charge is 0.454 e. The monoisotopic (exact) mass is 458 g/mol. The second-order valence-electron chi connectivity index (χ2n) is 5.45. The number of hydrogen-bond acceptors (Lipinski definition) is 4. The summed E-state index contributed by atoms with van der Waals surface area (Å²) in [7, 11) is 0. The number of hydrogen-bond donors (Lipinski definition) is 0. The van der Waals surface area contributed by atoms with Crippen LogP contribution in [-0.2, 0) is 9.53 Å². The van der Waals surface area contributed by atoms with Crippen LogP contribution >= 0.6 is 22.6 Å². The van der Waals surface area contributed by atoms with Gasteiger partial charge in [0.1, 0.15) is 5.76 Å². The van der Waals surface area contributed by atoms with E-state index in [4.69, 9.17) is 9.15 Å². The Kier molecular flexibility index (Phi) is 6.01. The number of Topliss-reactive ketones (excluding diaryl/α,β-unsaturated/α-hetero) is 1. The first-order valence-electron chi connectivity index (χ1n) is 7.91. The molecule has 0 bridgehead atoms. The zero-order chi connectivity index (χ0) is 18.4. The second-order valence-corrected chi connectivity index (χ2v) is 6.51. The lowest BCUT2D eigenvalue weighted by atomic mass is 10.0. The summed E-state index contributed by atoms with van der Waals surface area (Å²) in [4.78, 5) is 23.8. The molecule has 3 rings (SSSR count). The maximum atomic E-state index is 12.2. The van der Waals surface area contributed by atoms with E-state index in [0.29, 0.717) is 11.3 Å². The summed E-state index contributed by atoms with van der Waals surface area (Å²) in [6.07, 6.45) is 2.74. The Labute approximate surface area is 164 Å². The van der Waals surface area contributed by atoms with E-state index in [9.17, 15) is 9.59 Å². The molecule has 0 aliphatic rings. The molecule has 0 aliphatic heterocycles. The lowest BCUT2D eigenvalue weighted by Gasteiger charge is -2.04. The van der Waals surface area contributed by atoms with E-state index in [-0.39, 0.29) is 12.4 Å². The maximum absolute atomic E-state index is 12.2. The van der Waals surface area contributed by atoms with E-state index in [0.717, 1.165) is 14.9 Å². The molecule has 3 aromatic rings. The molecule has 0 saturated carbocycles. The zero-order valence-corrected chi connectivity index (χ0v) is 15.9. The zero-order valence-electron chi connectivity index (χ0n) is 13.7. The lowest BCUT2D eigenvalue weighted by molar-refractivity contribution is -0.136. The van der Waals surface area contributed by atoms with Gasteiger partial charge >= 0.3 is 5.97 Å². The van der Waals surface area contributed by atoms with Crippen molar-refractivity contribution in [1.29, 1.82) is 0 Å². The number of esters is 1. The SMILES string of the molecule is O=C(C=Cc1ccc(I)o1)OCC(=O)c1ccc(-c2ccccc2)cc1. The first-order valence-corrected chi connectivity index (χ1v) is 8.98. The fraction of sp³-hybridized carbons (Fsp3) is 0.0476. The summed E-state index contributed by atoms with van der Waals surface area (Å²) in [5.74, 6) is -0.293. The van der Waals surface area contributed by atoms with Crippen LogP contribution in [0, 0.1) is 3.77 Å². The van der Waals surface area contributed by atoms with E-state index in [1.807, 2.05) is 65.1 Å². The third kappa shape index (κ3) is 4.92. The minimum Gasteiger partial charge on any atom is -0.454 e. The van der Waals surface area contributed by atoms with Gasteiger partial charge in [-0.2, -0.15) is 0 Å². The van der Waals surface area contributed by atoms with Gasteiger partial charge in [-0.3, -0.25) is 4.79 Å². The number of carbonyl (C=O) groups excluding carboxylic acids is 2. The van der Waals surface area contributed by atoms with Crippen molar-refractivity contribution in [1.82, 2.24) is 0 Å². The molecule has 0 fully saturated rings. The molecule has 0 amide bonds. The van der Waals surface area contributed by atoms with Gasteiger partial charge in [0, 0.05) is 11.6 Å². The topological polar surface area (TPSA) is 56.5 Å². The number of furan rings is 1. The number of rotatable bonds is 6. The molecule has 0 N–H and O–H groups in total. The van der Waals surface area contributed by atoms with Crippen molar-refractivity contribution in [2.45, 2.75) is 0 Å². The molecule has 4 nitrogen and oxygen atoms in total. The summed E-state index contributed by atoms with van der Waals surface area (Å²) in [6.45, 7) is -0.302. The van der Waals surface area contributed by atoms with E-state index in [1.54, 1.807) is 24.3 Å². The summed E-state index contributed by atoms with van der Waals surface area (Å²) in [5.41, 5.74) is 2.60. The molecule has 1 aromatic heterocycles. The van der Waals surface area contributed by atoms with Gasteiger partial charge in [0.2, 0.25) is 0 Å². The van der Waals surface area contributed by atoms with Crippen LogP contribution in [0.1, 0.15) is 16.1 Å². The third-order valence-electron chi connectivity index (χ3n) is 3.64. The molecule has 0 atom stereocenters. The highest BCUT2D eigenvalue weighted by Crippen LogP contribution is 2.19. The Morgan fingerprint density at radius 1 is 0.923 bits per heavy atom. The first-order chi connectivity index (χ1) is 12.6.